The molecule has 2 aromatic rings. The van der Waals surface area contributed by atoms with Crippen LogP contribution in [0.5, 0.6) is 0 Å². The first-order valence-corrected chi connectivity index (χ1v) is 7.77. The normalized spacial score (nSPS) is 12.6. The molecular weight excluding hydrogens is 340 g/mol. The molecule has 0 saturated carbocycles. The molecule has 0 fully saturated rings. The van der Waals surface area contributed by atoms with Crippen molar-refractivity contribution in [2.45, 2.75) is 32.7 Å². The lowest BCUT2D eigenvalue weighted by molar-refractivity contribution is 0.462. The molecule has 1 N–H and O–H groups in total. The summed E-state index contributed by atoms with van der Waals surface area (Å²) in [5.74, 6) is -0.0685. The second-order valence-corrected chi connectivity index (χ2v) is 5.93. The third kappa shape index (κ3) is 4.14. The molecule has 0 bridgehead atoms. The smallest absolute Gasteiger partial charge is 0.140 e. The Morgan fingerprint density at radius 2 is 2.00 bits per heavy atom. The van der Waals surface area contributed by atoms with Gasteiger partial charge in [-0.3, -0.25) is 0 Å². The Kier molecular flexibility index (Phi) is 5.53. The second kappa shape index (κ2) is 7.18. The maximum absolute atomic E-state index is 13.8. The van der Waals surface area contributed by atoms with Crippen molar-refractivity contribution in [1.82, 2.24) is 5.32 Å². The Labute approximate surface area is 131 Å². The molecule has 2 rings (SSSR count). The molecule has 0 aliphatic heterocycles. The van der Waals surface area contributed by atoms with Gasteiger partial charge in [-0.05, 0) is 54.0 Å². The van der Waals surface area contributed by atoms with Gasteiger partial charge in [-0.25, -0.2) is 8.78 Å². The van der Waals surface area contributed by atoms with Gasteiger partial charge in [0.2, 0.25) is 0 Å². The fourth-order valence-electron chi connectivity index (χ4n) is 2.11. The highest BCUT2D eigenvalue weighted by Gasteiger charge is 2.14. The number of nitrogens with one attached hydrogen (secondary N) is 1. The van der Waals surface area contributed by atoms with Crippen LogP contribution in [-0.2, 0) is 6.42 Å². The maximum atomic E-state index is 13.8. The van der Waals surface area contributed by atoms with Crippen LogP contribution in [0.1, 0.15) is 26.0 Å². The third-order valence-corrected chi connectivity index (χ3v) is 3.79. The van der Waals surface area contributed by atoms with Crippen LogP contribution in [0.25, 0.3) is 11.3 Å². The van der Waals surface area contributed by atoms with Crippen LogP contribution < -0.4 is 5.32 Å². The lowest BCUT2D eigenvalue weighted by Crippen LogP contribution is -2.28. The Morgan fingerprint density at radius 1 is 1.24 bits per heavy atom. The Balaban J connectivity index is 2.15. The van der Waals surface area contributed by atoms with E-state index in [9.17, 15) is 8.78 Å². The molecule has 1 aromatic carbocycles. The van der Waals surface area contributed by atoms with Gasteiger partial charge in [-0.15, -0.1) is 0 Å². The number of rotatable bonds is 6. The van der Waals surface area contributed by atoms with Gasteiger partial charge in [0.05, 0.1) is 10.0 Å². The quantitative estimate of drug-likeness (QED) is 0.742. The first kappa shape index (κ1) is 16.2. The molecule has 1 unspecified atom stereocenters. The van der Waals surface area contributed by atoms with E-state index >= 15 is 0 Å². The zero-order valence-corrected chi connectivity index (χ0v) is 13.6. The van der Waals surface area contributed by atoms with E-state index in [1.165, 1.54) is 6.07 Å². The van der Waals surface area contributed by atoms with E-state index in [0.29, 0.717) is 5.76 Å². The predicted octanol–water partition coefficient (Wildman–Crippen LogP) is 4.92. The van der Waals surface area contributed by atoms with Gasteiger partial charge in [-0.1, -0.05) is 6.92 Å². The minimum atomic E-state index is -0.631. The third-order valence-electron chi connectivity index (χ3n) is 3.19. The number of benzene rings is 1. The topological polar surface area (TPSA) is 25.2 Å². The number of halogens is 3. The summed E-state index contributed by atoms with van der Waals surface area (Å²) in [6.45, 7) is 5.14. The van der Waals surface area contributed by atoms with Crippen LogP contribution >= 0.6 is 15.9 Å². The molecule has 0 radical (unpaired) electrons. The standard InChI is InChI=1S/C16H18BrF2NO/c1-3-6-20-10(2)7-11-4-5-16(21-11)12-8-13(17)15(19)9-14(12)18/h4-5,8-10,20H,3,6-7H2,1-2H3. The summed E-state index contributed by atoms with van der Waals surface area (Å²) in [5, 5.41) is 3.37. The van der Waals surface area contributed by atoms with Crippen LogP contribution in [0.4, 0.5) is 8.78 Å². The minimum Gasteiger partial charge on any atom is -0.461 e. The fraction of sp³-hybridized carbons (Fsp3) is 0.375. The highest BCUT2D eigenvalue weighted by atomic mass is 79.9. The summed E-state index contributed by atoms with van der Waals surface area (Å²) in [5.41, 5.74) is 0.253. The van der Waals surface area contributed by atoms with Gasteiger partial charge in [-0.2, -0.15) is 0 Å². The van der Waals surface area contributed by atoms with Gasteiger partial charge in [0.15, 0.2) is 0 Å². The molecular formula is C16H18BrF2NO. The van der Waals surface area contributed by atoms with Crippen LogP contribution in [-0.4, -0.2) is 12.6 Å². The molecule has 0 aliphatic carbocycles. The van der Waals surface area contributed by atoms with Crippen molar-refractivity contribution >= 4 is 15.9 Å². The van der Waals surface area contributed by atoms with Crippen LogP contribution in [0.3, 0.4) is 0 Å². The fourth-order valence-corrected chi connectivity index (χ4v) is 2.45. The van der Waals surface area contributed by atoms with Gasteiger partial charge in [0.25, 0.3) is 0 Å². The molecule has 0 saturated heterocycles. The Morgan fingerprint density at radius 3 is 2.71 bits per heavy atom. The molecule has 0 amide bonds. The van der Waals surface area contributed by atoms with Gasteiger partial charge in [0, 0.05) is 18.5 Å². The molecule has 114 valence electrons. The maximum Gasteiger partial charge on any atom is 0.140 e. The lowest BCUT2D eigenvalue weighted by Gasteiger charge is -2.11. The monoisotopic (exact) mass is 357 g/mol. The van der Waals surface area contributed by atoms with Crippen LogP contribution in [0.15, 0.2) is 33.2 Å². The molecule has 21 heavy (non-hydrogen) atoms. The average Bonchev–Trinajstić information content (AvgIpc) is 2.88. The summed E-state index contributed by atoms with van der Waals surface area (Å²) in [6, 6.07) is 6.08. The van der Waals surface area contributed by atoms with Crippen molar-refractivity contribution in [3.63, 3.8) is 0 Å². The van der Waals surface area contributed by atoms with E-state index in [0.717, 1.165) is 31.2 Å². The highest BCUT2D eigenvalue weighted by molar-refractivity contribution is 9.10. The Bertz CT molecular complexity index is 612. The summed E-state index contributed by atoms with van der Waals surface area (Å²) < 4.78 is 33.0. The molecule has 1 aromatic heterocycles. The van der Waals surface area contributed by atoms with E-state index in [-0.39, 0.29) is 16.1 Å². The molecule has 1 atom stereocenters. The molecule has 0 aliphatic rings. The average molecular weight is 358 g/mol. The van der Waals surface area contributed by atoms with Gasteiger partial charge >= 0.3 is 0 Å². The molecule has 1 heterocycles. The van der Waals surface area contributed by atoms with Crippen molar-refractivity contribution < 1.29 is 13.2 Å². The molecule has 0 spiro atoms. The van der Waals surface area contributed by atoms with Crippen molar-refractivity contribution in [3.8, 4) is 11.3 Å². The number of furan rings is 1. The first-order chi connectivity index (χ1) is 10.0. The summed E-state index contributed by atoms with van der Waals surface area (Å²) >= 11 is 3.06. The second-order valence-electron chi connectivity index (χ2n) is 5.07. The van der Waals surface area contributed by atoms with E-state index in [1.54, 1.807) is 6.07 Å². The van der Waals surface area contributed by atoms with E-state index in [4.69, 9.17) is 4.42 Å². The zero-order chi connectivity index (χ0) is 15.4. The molecule has 2 nitrogen and oxygen atoms in total. The minimum absolute atomic E-state index is 0.217. The molecule has 5 heteroatoms. The summed E-state index contributed by atoms with van der Waals surface area (Å²) in [6.07, 6.45) is 1.80. The number of hydrogen-bond donors (Lipinski definition) is 1. The Hall–Kier alpha value is -1.20. The van der Waals surface area contributed by atoms with Crippen LogP contribution in [0.2, 0.25) is 0 Å². The highest BCUT2D eigenvalue weighted by Crippen LogP contribution is 2.30. The van der Waals surface area contributed by atoms with Crippen molar-refractivity contribution in [1.29, 1.82) is 0 Å². The summed E-state index contributed by atoms with van der Waals surface area (Å²) in [7, 11) is 0. The SMILES string of the molecule is CCCNC(C)Cc1ccc(-c2cc(Br)c(F)cc2F)o1. The zero-order valence-electron chi connectivity index (χ0n) is 12.1. The van der Waals surface area contributed by atoms with Gasteiger partial charge in [0.1, 0.15) is 23.2 Å². The van der Waals surface area contributed by atoms with E-state index < -0.39 is 11.6 Å². The van der Waals surface area contributed by atoms with Crippen molar-refractivity contribution in [3.05, 3.63) is 46.1 Å². The number of hydrogen-bond acceptors (Lipinski definition) is 2. The van der Waals surface area contributed by atoms with Crippen molar-refractivity contribution in [2.24, 2.45) is 0 Å². The van der Waals surface area contributed by atoms with E-state index in [1.807, 2.05) is 6.07 Å². The largest absolute Gasteiger partial charge is 0.461 e. The predicted molar refractivity (Wildman–Crippen MR) is 83.2 cm³/mol. The van der Waals surface area contributed by atoms with Crippen LogP contribution in [0, 0.1) is 11.6 Å². The summed E-state index contributed by atoms with van der Waals surface area (Å²) in [4.78, 5) is 0. The lowest BCUT2D eigenvalue weighted by atomic mass is 10.1. The first-order valence-electron chi connectivity index (χ1n) is 6.98. The van der Waals surface area contributed by atoms with Gasteiger partial charge < -0.3 is 9.73 Å². The van der Waals surface area contributed by atoms with Crippen molar-refractivity contribution in [2.75, 3.05) is 6.54 Å². The van der Waals surface area contributed by atoms with E-state index in [2.05, 4.69) is 35.1 Å².